The molecule has 1 heterocycles. The van der Waals surface area contributed by atoms with Crippen molar-refractivity contribution in [3.8, 4) is 0 Å². The molecule has 1 saturated heterocycles. The minimum atomic E-state index is -0.899. The third-order valence-corrected chi connectivity index (χ3v) is 5.12. The van der Waals surface area contributed by atoms with Crippen LogP contribution in [-0.4, -0.2) is 133 Å². The molecule has 0 aromatic heterocycles. The predicted octanol–water partition coefficient (Wildman–Crippen LogP) is -1.51. The maximum absolute atomic E-state index is 11.9. The summed E-state index contributed by atoms with van der Waals surface area (Å²) in [6.45, 7) is 9.98. The fourth-order valence-electron chi connectivity index (χ4n) is 3.31. The van der Waals surface area contributed by atoms with Crippen LogP contribution < -0.4 is 0 Å². The number of nitrogens with zero attached hydrogens (tertiary/aromatic N) is 4. The Morgan fingerprint density at radius 3 is 1.28 bits per heavy atom. The predicted molar refractivity (Wildman–Crippen MR) is 115 cm³/mol. The maximum Gasteiger partial charge on any atom is 0.317 e. The zero-order valence-corrected chi connectivity index (χ0v) is 18.7. The van der Waals surface area contributed by atoms with Gasteiger partial charge in [-0.05, 0) is 13.8 Å². The Balaban J connectivity index is 2.92. The second kappa shape index (κ2) is 13.9. The number of carboxylic acids is 1. The first-order chi connectivity index (χ1) is 13.7. The molecule has 1 unspecified atom stereocenters. The van der Waals surface area contributed by atoms with Crippen molar-refractivity contribution in [3.05, 3.63) is 0 Å². The van der Waals surface area contributed by atoms with Gasteiger partial charge in [0.2, 0.25) is 7.00 Å². The number of aliphatic carboxylic acids is 1. The number of hydrogen-bond donors (Lipinski definition) is 1. The molecule has 1 radical (unpaired) electrons. The van der Waals surface area contributed by atoms with Crippen molar-refractivity contribution in [1.29, 1.82) is 0 Å². The highest BCUT2D eigenvalue weighted by molar-refractivity contribution is 7.62. The van der Waals surface area contributed by atoms with Gasteiger partial charge in [0.15, 0.2) is 0 Å². The largest absolute Gasteiger partial charge is 0.480 e. The first kappa shape index (κ1) is 25.9. The molecule has 1 N–H and O–H groups in total. The summed E-state index contributed by atoms with van der Waals surface area (Å²) < 4.78 is 0. The summed E-state index contributed by atoms with van der Waals surface area (Å²) in [7, 11) is 2.31. The first-order valence-corrected chi connectivity index (χ1v) is 10.5. The van der Waals surface area contributed by atoms with Crippen molar-refractivity contribution in [2.75, 3.05) is 78.5 Å². The van der Waals surface area contributed by atoms with Gasteiger partial charge in [-0.25, -0.2) is 0 Å². The van der Waals surface area contributed by atoms with Gasteiger partial charge in [-0.2, -0.15) is 9.12 Å². The van der Waals surface area contributed by atoms with Crippen LogP contribution in [0.1, 0.15) is 13.8 Å². The van der Waals surface area contributed by atoms with Crippen LogP contribution in [0.2, 0.25) is 0 Å². The molecule has 0 spiro atoms. The van der Waals surface area contributed by atoms with E-state index in [-0.39, 0.29) is 30.3 Å². The van der Waals surface area contributed by atoms with Gasteiger partial charge in [-0.3, -0.25) is 34.0 Å². The molecule has 0 amide bonds. The molecule has 29 heavy (non-hydrogen) atoms. The molecular weight excluding hydrogens is 394 g/mol. The Morgan fingerprint density at radius 1 is 0.690 bits per heavy atom. The van der Waals surface area contributed by atoms with Gasteiger partial charge in [0, 0.05) is 58.9 Å². The van der Waals surface area contributed by atoms with Crippen LogP contribution in [0.5, 0.6) is 0 Å². The molecule has 0 aliphatic carbocycles. The van der Waals surface area contributed by atoms with Crippen molar-refractivity contribution < 1.29 is 24.3 Å². The van der Waals surface area contributed by atoms with Gasteiger partial charge < -0.3 is 9.90 Å². The minimum absolute atomic E-state index is 0.0161. The monoisotopic (exact) mass is 427 g/mol. The van der Waals surface area contributed by atoms with Crippen molar-refractivity contribution in [2.24, 2.45) is 0 Å². The molecule has 0 aromatic rings. The number of ketones is 2. The number of Topliss-reactive ketones (excluding diaryl/α,β-unsaturated/α-hetero) is 2. The van der Waals surface area contributed by atoms with Crippen LogP contribution in [0.4, 0.5) is 0 Å². The Morgan fingerprint density at radius 2 is 1.00 bits per heavy atom. The topological polar surface area (TPSA) is 101 Å². The van der Waals surface area contributed by atoms with Crippen molar-refractivity contribution in [3.63, 3.8) is 0 Å². The second-order valence-electron chi connectivity index (χ2n) is 7.54. The average Bonchev–Trinajstić information content (AvgIpc) is 2.62. The van der Waals surface area contributed by atoms with Crippen LogP contribution in [0, 0.1) is 0 Å². The molecule has 1 aliphatic rings. The van der Waals surface area contributed by atoms with E-state index in [1.807, 2.05) is 19.6 Å². The van der Waals surface area contributed by atoms with Gasteiger partial charge in [0.1, 0.15) is 17.2 Å². The lowest BCUT2D eigenvalue weighted by molar-refractivity contribution is -0.138. The summed E-state index contributed by atoms with van der Waals surface area (Å²) in [5.74, 6) is -0.772. The molecule has 1 rings (SSSR count). The third-order valence-electron chi connectivity index (χ3n) is 4.75. The van der Waals surface area contributed by atoms with Crippen molar-refractivity contribution >= 4 is 39.3 Å². The van der Waals surface area contributed by atoms with Gasteiger partial charge in [0.25, 0.3) is 0 Å². The lowest BCUT2D eigenvalue weighted by Crippen LogP contribution is -2.49. The molecule has 0 bridgehead atoms. The lowest BCUT2D eigenvalue weighted by Gasteiger charge is -2.33. The SMILES string of the molecule is CC(=O)CN1CCN(CC(C)=O)CCN(CC(=O)[B]P)CCN(CC(=O)O)CC1. The molecule has 9 nitrogen and oxygen atoms in total. The summed E-state index contributed by atoms with van der Waals surface area (Å²) in [5.41, 5.74) is -0.0161. The Labute approximate surface area is 176 Å². The average molecular weight is 427 g/mol. The van der Waals surface area contributed by atoms with E-state index < -0.39 is 5.97 Å². The van der Waals surface area contributed by atoms with E-state index in [1.54, 1.807) is 6.92 Å². The quantitative estimate of drug-likeness (QED) is 0.348. The Hall–Kier alpha value is -1.19. The molecule has 0 aromatic carbocycles. The summed E-state index contributed by atoms with van der Waals surface area (Å²) in [6, 6.07) is 0. The molecule has 1 atom stereocenters. The number of carboxylic acid groups (broad SMARTS) is 1. The highest BCUT2D eigenvalue weighted by Crippen LogP contribution is 2.02. The first-order valence-electron chi connectivity index (χ1n) is 9.87. The second-order valence-corrected chi connectivity index (χ2v) is 7.87. The van der Waals surface area contributed by atoms with Gasteiger partial charge in [-0.1, -0.05) is 0 Å². The summed E-state index contributed by atoms with van der Waals surface area (Å²) in [4.78, 5) is 54.3. The van der Waals surface area contributed by atoms with Crippen LogP contribution >= 0.6 is 9.12 Å². The molecule has 163 valence electrons. The van der Waals surface area contributed by atoms with E-state index >= 15 is 0 Å². The fourth-order valence-corrected chi connectivity index (χ4v) is 3.41. The highest BCUT2D eigenvalue weighted by atomic mass is 31.0. The van der Waals surface area contributed by atoms with E-state index in [1.165, 1.54) is 13.9 Å². The Bertz CT molecular complexity index is 548. The zero-order valence-electron chi connectivity index (χ0n) is 17.5. The number of rotatable bonds is 9. The van der Waals surface area contributed by atoms with Crippen LogP contribution in [0.15, 0.2) is 0 Å². The smallest absolute Gasteiger partial charge is 0.317 e. The van der Waals surface area contributed by atoms with E-state index in [9.17, 15) is 24.3 Å². The van der Waals surface area contributed by atoms with Gasteiger partial charge in [0.05, 0.1) is 19.6 Å². The third kappa shape index (κ3) is 12.2. The summed E-state index contributed by atoms with van der Waals surface area (Å²) in [5, 5.41) is 9.21. The number of carbonyl (C=O) groups is 4. The molecule has 1 aliphatic heterocycles. The Kier molecular flexibility index (Phi) is 12.4. The van der Waals surface area contributed by atoms with Crippen LogP contribution in [-0.2, 0) is 19.2 Å². The molecular formula is C18H33BN4O5P. The highest BCUT2D eigenvalue weighted by Gasteiger charge is 2.19. The lowest BCUT2D eigenvalue weighted by atomic mass is 10.0. The van der Waals surface area contributed by atoms with E-state index in [2.05, 4.69) is 9.12 Å². The minimum Gasteiger partial charge on any atom is -0.480 e. The van der Waals surface area contributed by atoms with Crippen molar-refractivity contribution in [2.45, 2.75) is 13.8 Å². The summed E-state index contributed by atoms with van der Waals surface area (Å²) >= 11 is 0. The maximum atomic E-state index is 11.9. The van der Waals surface area contributed by atoms with Crippen LogP contribution in [0.3, 0.4) is 0 Å². The van der Waals surface area contributed by atoms with Gasteiger partial charge in [-0.15, -0.1) is 0 Å². The normalized spacial score (nSPS) is 19.1. The number of carbonyl (C=O) groups excluding carboxylic acids is 3. The molecule has 1 fully saturated rings. The standard InChI is InChI=1S/C18H33BN4O5P/c1-15(24)11-20-3-4-21(12-16(2)25)6-9-23(14-18(27)28)10-8-22(7-5-20)13-17(26)19-29/h3-14,29H2,1-2H3,(H,27,28). The van der Waals surface area contributed by atoms with E-state index in [0.717, 1.165) is 0 Å². The van der Waals surface area contributed by atoms with Crippen LogP contribution in [0.25, 0.3) is 0 Å². The van der Waals surface area contributed by atoms with E-state index in [4.69, 9.17) is 0 Å². The number of hydrogen-bond acceptors (Lipinski definition) is 8. The van der Waals surface area contributed by atoms with Gasteiger partial charge >= 0.3 is 5.97 Å². The molecule has 0 saturated carbocycles. The summed E-state index contributed by atoms with van der Waals surface area (Å²) in [6.07, 6.45) is 0. The van der Waals surface area contributed by atoms with E-state index in [0.29, 0.717) is 65.4 Å². The fraction of sp³-hybridized carbons (Fsp3) is 0.778. The zero-order chi connectivity index (χ0) is 21.8. The van der Waals surface area contributed by atoms with Crippen molar-refractivity contribution in [1.82, 2.24) is 19.6 Å². The molecule has 11 heteroatoms.